The molecule has 94 valence electrons. The summed E-state index contributed by atoms with van der Waals surface area (Å²) in [6.07, 6.45) is 1.87. The van der Waals surface area contributed by atoms with E-state index in [1.54, 1.807) is 0 Å². The van der Waals surface area contributed by atoms with Crippen LogP contribution in [0.2, 0.25) is 0 Å². The second-order valence-electron chi connectivity index (χ2n) is 4.26. The Kier molecular flexibility index (Phi) is 3.78. The van der Waals surface area contributed by atoms with Crippen LogP contribution in [0.25, 0.3) is 0 Å². The number of aromatic nitrogens is 2. The van der Waals surface area contributed by atoms with Gasteiger partial charge in [-0.25, -0.2) is 4.98 Å². The van der Waals surface area contributed by atoms with E-state index in [1.165, 1.54) is 0 Å². The van der Waals surface area contributed by atoms with Crippen LogP contribution in [0.4, 0.5) is 11.8 Å². The van der Waals surface area contributed by atoms with Crippen LogP contribution in [-0.2, 0) is 12.8 Å². The Hall–Kier alpha value is -1.36. The normalized spacial score (nSPS) is 15.2. The van der Waals surface area contributed by atoms with Gasteiger partial charge in [0.05, 0.1) is 5.69 Å². The zero-order valence-electron chi connectivity index (χ0n) is 10.7. The summed E-state index contributed by atoms with van der Waals surface area (Å²) in [5, 5.41) is 3.36. The fourth-order valence-corrected chi connectivity index (χ4v) is 2.21. The standard InChI is InChI=1S/C12H21N5/c1-3-17(4-2)12-15-10-6-8-14-7-5-9(10)11(13)16-12/h14H,3-8H2,1-2H3,(H2,13,15,16). The fourth-order valence-electron chi connectivity index (χ4n) is 2.21. The van der Waals surface area contributed by atoms with Crippen molar-refractivity contribution in [3.8, 4) is 0 Å². The molecule has 2 heterocycles. The number of rotatable bonds is 3. The molecule has 0 aliphatic carbocycles. The molecule has 0 amide bonds. The Balaban J connectivity index is 2.38. The lowest BCUT2D eigenvalue weighted by molar-refractivity contribution is 0.708. The number of hydrogen-bond donors (Lipinski definition) is 2. The van der Waals surface area contributed by atoms with E-state index in [9.17, 15) is 0 Å². The predicted molar refractivity (Wildman–Crippen MR) is 70.3 cm³/mol. The van der Waals surface area contributed by atoms with Gasteiger partial charge in [-0.15, -0.1) is 0 Å². The van der Waals surface area contributed by atoms with Gasteiger partial charge in [-0.3, -0.25) is 0 Å². The topological polar surface area (TPSA) is 67.1 Å². The van der Waals surface area contributed by atoms with Crippen molar-refractivity contribution in [3.63, 3.8) is 0 Å². The summed E-state index contributed by atoms with van der Waals surface area (Å²) in [6.45, 7) is 7.97. The van der Waals surface area contributed by atoms with Crippen molar-refractivity contribution in [2.75, 3.05) is 36.8 Å². The molecule has 0 radical (unpaired) electrons. The fraction of sp³-hybridized carbons (Fsp3) is 0.667. The summed E-state index contributed by atoms with van der Waals surface area (Å²) < 4.78 is 0. The van der Waals surface area contributed by atoms with Gasteiger partial charge < -0.3 is 16.0 Å². The predicted octanol–water partition coefficient (Wildman–Crippen LogP) is 0.593. The molecule has 0 bridgehead atoms. The van der Waals surface area contributed by atoms with E-state index in [-0.39, 0.29) is 0 Å². The van der Waals surface area contributed by atoms with Gasteiger partial charge in [0.25, 0.3) is 0 Å². The molecule has 0 unspecified atom stereocenters. The SMILES string of the molecule is CCN(CC)c1nc(N)c2c(n1)CCNCC2. The lowest BCUT2D eigenvalue weighted by atomic mass is 10.1. The average Bonchev–Trinajstić information content (AvgIpc) is 2.56. The molecule has 1 aliphatic heterocycles. The van der Waals surface area contributed by atoms with Gasteiger partial charge in [0.15, 0.2) is 0 Å². The smallest absolute Gasteiger partial charge is 0.227 e. The first-order chi connectivity index (χ1) is 8.26. The van der Waals surface area contributed by atoms with Crippen molar-refractivity contribution >= 4 is 11.8 Å². The summed E-state index contributed by atoms with van der Waals surface area (Å²) in [4.78, 5) is 11.2. The Morgan fingerprint density at radius 1 is 1.18 bits per heavy atom. The van der Waals surface area contributed by atoms with E-state index < -0.39 is 0 Å². The van der Waals surface area contributed by atoms with Crippen LogP contribution in [0, 0.1) is 0 Å². The maximum Gasteiger partial charge on any atom is 0.227 e. The monoisotopic (exact) mass is 235 g/mol. The third-order valence-electron chi connectivity index (χ3n) is 3.25. The first kappa shape index (κ1) is 12.1. The van der Waals surface area contributed by atoms with Crippen LogP contribution in [0.15, 0.2) is 0 Å². The first-order valence-electron chi connectivity index (χ1n) is 6.37. The van der Waals surface area contributed by atoms with Crippen LogP contribution in [-0.4, -0.2) is 36.1 Å². The molecule has 0 saturated carbocycles. The second-order valence-corrected chi connectivity index (χ2v) is 4.26. The summed E-state index contributed by atoms with van der Waals surface area (Å²) in [5.41, 5.74) is 8.30. The molecule has 1 aromatic rings. The highest BCUT2D eigenvalue weighted by atomic mass is 15.3. The minimum Gasteiger partial charge on any atom is -0.383 e. The van der Waals surface area contributed by atoms with Crippen molar-refractivity contribution in [1.82, 2.24) is 15.3 Å². The number of nitrogens with one attached hydrogen (secondary N) is 1. The third-order valence-corrected chi connectivity index (χ3v) is 3.25. The van der Waals surface area contributed by atoms with Gasteiger partial charge in [0.1, 0.15) is 5.82 Å². The van der Waals surface area contributed by atoms with E-state index in [0.29, 0.717) is 5.82 Å². The molecule has 1 aliphatic rings. The number of nitrogen functional groups attached to an aromatic ring is 1. The van der Waals surface area contributed by atoms with Crippen molar-refractivity contribution < 1.29 is 0 Å². The molecule has 0 spiro atoms. The molecular weight excluding hydrogens is 214 g/mol. The number of nitrogens with two attached hydrogens (primary N) is 1. The maximum absolute atomic E-state index is 6.05. The van der Waals surface area contributed by atoms with Crippen molar-refractivity contribution in [1.29, 1.82) is 0 Å². The van der Waals surface area contributed by atoms with Gasteiger partial charge >= 0.3 is 0 Å². The first-order valence-corrected chi connectivity index (χ1v) is 6.37. The largest absolute Gasteiger partial charge is 0.383 e. The van der Waals surface area contributed by atoms with E-state index in [0.717, 1.165) is 56.2 Å². The van der Waals surface area contributed by atoms with E-state index in [1.807, 2.05) is 0 Å². The second kappa shape index (κ2) is 5.31. The molecule has 5 nitrogen and oxygen atoms in total. The quantitative estimate of drug-likeness (QED) is 0.803. The Labute approximate surface area is 102 Å². The molecule has 0 saturated heterocycles. The van der Waals surface area contributed by atoms with E-state index >= 15 is 0 Å². The van der Waals surface area contributed by atoms with Crippen LogP contribution < -0.4 is 16.0 Å². The summed E-state index contributed by atoms with van der Waals surface area (Å²) in [6, 6.07) is 0. The Morgan fingerprint density at radius 2 is 1.88 bits per heavy atom. The zero-order chi connectivity index (χ0) is 12.3. The lowest BCUT2D eigenvalue weighted by Gasteiger charge is -2.20. The van der Waals surface area contributed by atoms with Gasteiger partial charge in [0.2, 0.25) is 5.95 Å². The summed E-state index contributed by atoms with van der Waals surface area (Å²) >= 11 is 0. The molecular formula is C12H21N5. The lowest BCUT2D eigenvalue weighted by Crippen LogP contribution is -2.25. The molecule has 1 aromatic heterocycles. The Morgan fingerprint density at radius 3 is 2.59 bits per heavy atom. The number of anilines is 2. The number of nitrogens with zero attached hydrogens (tertiary/aromatic N) is 3. The highest BCUT2D eigenvalue weighted by molar-refractivity contribution is 5.48. The van der Waals surface area contributed by atoms with Crippen LogP contribution in [0.5, 0.6) is 0 Å². The van der Waals surface area contributed by atoms with Gasteiger partial charge in [0, 0.05) is 31.6 Å². The van der Waals surface area contributed by atoms with Crippen LogP contribution in [0.3, 0.4) is 0 Å². The van der Waals surface area contributed by atoms with Gasteiger partial charge in [-0.05, 0) is 26.8 Å². The highest BCUT2D eigenvalue weighted by Crippen LogP contribution is 2.20. The summed E-state index contributed by atoms with van der Waals surface area (Å²) in [7, 11) is 0. The minimum absolute atomic E-state index is 0.653. The molecule has 0 aromatic carbocycles. The molecule has 0 fully saturated rings. The van der Waals surface area contributed by atoms with Crippen molar-refractivity contribution in [2.24, 2.45) is 0 Å². The molecule has 5 heteroatoms. The third kappa shape index (κ3) is 2.49. The van der Waals surface area contributed by atoms with E-state index in [2.05, 4.69) is 34.0 Å². The van der Waals surface area contributed by atoms with Crippen LogP contribution >= 0.6 is 0 Å². The molecule has 2 rings (SSSR count). The number of hydrogen-bond acceptors (Lipinski definition) is 5. The van der Waals surface area contributed by atoms with Crippen LogP contribution in [0.1, 0.15) is 25.1 Å². The highest BCUT2D eigenvalue weighted by Gasteiger charge is 2.16. The summed E-state index contributed by atoms with van der Waals surface area (Å²) in [5.74, 6) is 1.42. The molecule has 17 heavy (non-hydrogen) atoms. The van der Waals surface area contributed by atoms with E-state index in [4.69, 9.17) is 5.73 Å². The minimum atomic E-state index is 0.653. The molecule has 0 atom stereocenters. The maximum atomic E-state index is 6.05. The molecule has 3 N–H and O–H groups in total. The average molecular weight is 235 g/mol. The number of fused-ring (bicyclic) bond motifs is 1. The van der Waals surface area contributed by atoms with Gasteiger partial charge in [-0.1, -0.05) is 0 Å². The zero-order valence-corrected chi connectivity index (χ0v) is 10.7. The van der Waals surface area contributed by atoms with Crippen molar-refractivity contribution in [3.05, 3.63) is 11.3 Å². The Bertz CT molecular complexity index is 387. The van der Waals surface area contributed by atoms with Crippen molar-refractivity contribution in [2.45, 2.75) is 26.7 Å². The van der Waals surface area contributed by atoms with Gasteiger partial charge in [-0.2, -0.15) is 4.98 Å².